The summed E-state index contributed by atoms with van der Waals surface area (Å²) in [5.41, 5.74) is 1.35. The molecule has 1 fully saturated rings. The molecule has 0 aromatic heterocycles. The molecule has 3 N–H and O–H groups in total. The van der Waals surface area contributed by atoms with Crippen LogP contribution in [0.25, 0.3) is 0 Å². The molecule has 0 aliphatic heterocycles. The van der Waals surface area contributed by atoms with Gasteiger partial charge in [0.15, 0.2) is 5.96 Å². The lowest BCUT2D eigenvalue weighted by molar-refractivity contribution is -0.125. The number of carbonyl (C=O) groups is 1. The van der Waals surface area contributed by atoms with Gasteiger partial charge in [0.1, 0.15) is 0 Å². The van der Waals surface area contributed by atoms with Crippen LogP contribution in [0.2, 0.25) is 0 Å². The van der Waals surface area contributed by atoms with Crippen molar-refractivity contribution in [1.82, 2.24) is 16.0 Å². The van der Waals surface area contributed by atoms with Crippen LogP contribution >= 0.6 is 0 Å². The van der Waals surface area contributed by atoms with Gasteiger partial charge in [0.25, 0.3) is 0 Å². The van der Waals surface area contributed by atoms with Gasteiger partial charge in [-0.2, -0.15) is 0 Å². The van der Waals surface area contributed by atoms with Gasteiger partial charge >= 0.3 is 0 Å². The van der Waals surface area contributed by atoms with Crippen LogP contribution < -0.4 is 16.0 Å². The van der Waals surface area contributed by atoms with Crippen LogP contribution in [-0.4, -0.2) is 38.0 Å². The van der Waals surface area contributed by atoms with E-state index in [-0.39, 0.29) is 11.8 Å². The largest absolute Gasteiger partial charge is 0.357 e. The van der Waals surface area contributed by atoms with Crippen molar-refractivity contribution in [3.05, 3.63) is 35.9 Å². The van der Waals surface area contributed by atoms with Crippen LogP contribution in [0.4, 0.5) is 0 Å². The number of amides is 1. The van der Waals surface area contributed by atoms with Crippen molar-refractivity contribution in [2.75, 3.05) is 26.2 Å². The number of carbonyl (C=O) groups excluding carboxylic acids is 1. The molecule has 0 spiro atoms. The zero-order valence-corrected chi connectivity index (χ0v) is 16.1. The lowest BCUT2D eigenvalue weighted by Gasteiger charge is -2.21. The predicted molar refractivity (Wildman–Crippen MR) is 108 cm³/mol. The Balaban J connectivity index is 1.62. The normalized spacial score (nSPS) is 15.5. The van der Waals surface area contributed by atoms with Crippen LogP contribution in [0, 0.1) is 5.92 Å². The number of nitrogens with zero attached hydrogens (tertiary/aromatic N) is 1. The topological polar surface area (TPSA) is 65.5 Å². The Bertz CT molecular complexity index is 538. The minimum absolute atomic E-state index is 0.219. The fourth-order valence-corrected chi connectivity index (χ4v) is 3.34. The average Bonchev–Trinajstić information content (AvgIpc) is 2.69. The Labute approximate surface area is 158 Å². The smallest absolute Gasteiger partial charge is 0.223 e. The van der Waals surface area contributed by atoms with Crippen LogP contribution in [0.3, 0.4) is 0 Å². The molecule has 5 nitrogen and oxygen atoms in total. The van der Waals surface area contributed by atoms with Crippen LogP contribution in [0.5, 0.6) is 0 Å². The van der Waals surface area contributed by atoms with Crippen molar-refractivity contribution in [3.63, 3.8) is 0 Å². The summed E-state index contributed by atoms with van der Waals surface area (Å²) >= 11 is 0. The zero-order valence-electron chi connectivity index (χ0n) is 16.1. The molecule has 0 atom stereocenters. The number of nitrogens with one attached hydrogen (secondary N) is 3. The SMILES string of the molecule is CCNC(=NCCCc1ccccc1)NCCNC(=O)C1CCCCC1. The molecule has 2 rings (SSSR count). The van der Waals surface area contributed by atoms with Gasteiger partial charge in [0, 0.05) is 32.1 Å². The molecule has 1 saturated carbocycles. The first-order valence-electron chi connectivity index (χ1n) is 10.1. The van der Waals surface area contributed by atoms with E-state index in [1.807, 2.05) is 6.07 Å². The standard InChI is InChI=1S/C21H34N4O/c1-2-22-21(24-15-9-12-18-10-5-3-6-11-18)25-17-16-23-20(26)19-13-7-4-8-14-19/h3,5-6,10-11,19H,2,4,7-9,12-17H2,1H3,(H,23,26)(H2,22,24,25). The lowest BCUT2D eigenvalue weighted by atomic mass is 9.89. The maximum atomic E-state index is 12.1. The lowest BCUT2D eigenvalue weighted by Crippen LogP contribution is -2.42. The number of rotatable bonds is 9. The van der Waals surface area contributed by atoms with Crippen molar-refractivity contribution in [2.24, 2.45) is 10.9 Å². The quantitative estimate of drug-likeness (QED) is 0.361. The Hall–Kier alpha value is -2.04. The van der Waals surface area contributed by atoms with Gasteiger partial charge in [-0.15, -0.1) is 0 Å². The highest BCUT2D eigenvalue weighted by molar-refractivity contribution is 5.80. The molecule has 0 unspecified atom stereocenters. The second kappa shape index (κ2) is 12.3. The second-order valence-corrected chi connectivity index (χ2v) is 6.90. The highest BCUT2D eigenvalue weighted by Gasteiger charge is 2.20. The first-order valence-corrected chi connectivity index (χ1v) is 10.1. The Morgan fingerprint density at radius 1 is 1.04 bits per heavy atom. The fourth-order valence-electron chi connectivity index (χ4n) is 3.34. The molecule has 0 radical (unpaired) electrons. The second-order valence-electron chi connectivity index (χ2n) is 6.90. The number of hydrogen-bond acceptors (Lipinski definition) is 2. The molecule has 0 heterocycles. The van der Waals surface area contributed by atoms with Gasteiger partial charge in [-0.3, -0.25) is 9.79 Å². The number of aryl methyl sites for hydroxylation is 1. The summed E-state index contributed by atoms with van der Waals surface area (Å²) in [6.07, 6.45) is 7.82. The summed E-state index contributed by atoms with van der Waals surface area (Å²) in [5.74, 6) is 1.27. The molecular weight excluding hydrogens is 324 g/mol. The van der Waals surface area contributed by atoms with Crippen molar-refractivity contribution >= 4 is 11.9 Å². The third-order valence-electron chi connectivity index (χ3n) is 4.77. The molecule has 1 aromatic carbocycles. The fraction of sp³-hybridized carbons (Fsp3) is 0.619. The Kier molecular flexibility index (Phi) is 9.62. The number of hydrogen-bond donors (Lipinski definition) is 3. The first-order chi connectivity index (χ1) is 12.8. The zero-order chi connectivity index (χ0) is 18.5. The van der Waals surface area contributed by atoms with Gasteiger partial charge in [0.05, 0.1) is 0 Å². The van der Waals surface area contributed by atoms with E-state index in [0.717, 1.165) is 44.7 Å². The summed E-state index contributed by atoms with van der Waals surface area (Å²) in [6.45, 7) is 5.02. The van der Waals surface area contributed by atoms with E-state index in [9.17, 15) is 4.79 Å². The van der Waals surface area contributed by atoms with E-state index in [4.69, 9.17) is 0 Å². The summed E-state index contributed by atoms with van der Waals surface area (Å²) in [5, 5.41) is 9.62. The van der Waals surface area contributed by atoms with Gasteiger partial charge in [-0.05, 0) is 38.2 Å². The highest BCUT2D eigenvalue weighted by atomic mass is 16.1. The molecular formula is C21H34N4O. The summed E-state index contributed by atoms with van der Waals surface area (Å²) < 4.78 is 0. The molecule has 5 heteroatoms. The van der Waals surface area contributed by atoms with Crippen LogP contribution in [0.1, 0.15) is 51.0 Å². The number of benzene rings is 1. The van der Waals surface area contributed by atoms with Crippen molar-refractivity contribution < 1.29 is 4.79 Å². The van der Waals surface area contributed by atoms with Gasteiger partial charge in [-0.1, -0.05) is 49.6 Å². The minimum Gasteiger partial charge on any atom is -0.357 e. The number of aliphatic imine (C=N–C) groups is 1. The van der Waals surface area contributed by atoms with Crippen LogP contribution in [0.15, 0.2) is 35.3 Å². The maximum Gasteiger partial charge on any atom is 0.223 e. The molecule has 0 bridgehead atoms. The van der Waals surface area contributed by atoms with Gasteiger partial charge in [0.2, 0.25) is 5.91 Å². The van der Waals surface area contributed by atoms with E-state index < -0.39 is 0 Å². The summed E-state index contributed by atoms with van der Waals surface area (Å²) in [6, 6.07) is 10.5. The molecule has 1 aliphatic carbocycles. The van der Waals surface area contributed by atoms with E-state index >= 15 is 0 Å². The van der Waals surface area contributed by atoms with Crippen molar-refractivity contribution in [2.45, 2.75) is 51.9 Å². The number of guanidine groups is 1. The summed E-state index contributed by atoms with van der Waals surface area (Å²) in [7, 11) is 0. The van der Waals surface area contributed by atoms with Crippen molar-refractivity contribution in [1.29, 1.82) is 0 Å². The minimum atomic E-state index is 0.219. The average molecular weight is 359 g/mol. The monoisotopic (exact) mass is 358 g/mol. The van der Waals surface area contributed by atoms with E-state index in [0.29, 0.717) is 13.1 Å². The maximum absolute atomic E-state index is 12.1. The third-order valence-corrected chi connectivity index (χ3v) is 4.77. The Morgan fingerprint density at radius 2 is 1.77 bits per heavy atom. The van der Waals surface area contributed by atoms with Gasteiger partial charge < -0.3 is 16.0 Å². The third kappa shape index (κ3) is 7.89. The predicted octanol–water partition coefficient (Wildman–Crippen LogP) is 2.87. The Morgan fingerprint density at radius 3 is 2.50 bits per heavy atom. The molecule has 1 aromatic rings. The van der Waals surface area contributed by atoms with E-state index in [2.05, 4.69) is 52.1 Å². The van der Waals surface area contributed by atoms with E-state index in [1.165, 1.54) is 24.8 Å². The summed E-state index contributed by atoms with van der Waals surface area (Å²) in [4.78, 5) is 16.7. The molecule has 1 amide bonds. The molecule has 0 saturated heterocycles. The molecule has 26 heavy (non-hydrogen) atoms. The van der Waals surface area contributed by atoms with Gasteiger partial charge in [-0.25, -0.2) is 0 Å². The molecule has 144 valence electrons. The van der Waals surface area contributed by atoms with Crippen LogP contribution in [-0.2, 0) is 11.2 Å². The highest BCUT2D eigenvalue weighted by Crippen LogP contribution is 2.23. The molecule has 1 aliphatic rings. The van der Waals surface area contributed by atoms with Crippen molar-refractivity contribution in [3.8, 4) is 0 Å². The van der Waals surface area contributed by atoms with E-state index in [1.54, 1.807) is 0 Å². The first kappa shape index (κ1) is 20.3.